The van der Waals surface area contributed by atoms with Gasteiger partial charge in [-0.2, -0.15) is 0 Å². The van der Waals surface area contributed by atoms with Crippen LogP contribution >= 0.6 is 23.2 Å². The van der Waals surface area contributed by atoms with Crippen LogP contribution in [0.4, 0.5) is 5.69 Å². The topological polar surface area (TPSA) is 32.3 Å². The predicted molar refractivity (Wildman–Crippen MR) is 75.3 cm³/mol. The first kappa shape index (κ1) is 13.7. The van der Waals surface area contributed by atoms with Crippen molar-refractivity contribution in [1.29, 1.82) is 0 Å². The number of halogens is 2. The minimum Gasteiger partial charge on any atom is -0.323 e. The summed E-state index contributed by atoms with van der Waals surface area (Å²) in [5, 5.41) is 3.79. The van der Waals surface area contributed by atoms with Gasteiger partial charge in [0.15, 0.2) is 0 Å². The fraction of sp³-hybridized carbons (Fsp3) is 0.462. The van der Waals surface area contributed by atoms with E-state index in [1.54, 1.807) is 18.2 Å². The van der Waals surface area contributed by atoms with Gasteiger partial charge in [0.1, 0.15) is 0 Å². The maximum Gasteiger partial charge on any atom is 0.227 e. The van der Waals surface area contributed by atoms with Crippen LogP contribution in [0.25, 0.3) is 0 Å². The van der Waals surface area contributed by atoms with E-state index in [4.69, 9.17) is 23.2 Å². The lowest BCUT2D eigenvalue weighted by Crippen LogP contribution is -2.36. The Kier molecular flexibility index (Phi) is 4.49. The Bertz CT molecular complexity index is 422. The van der Waals surface area contributed by atoms with Crippen molar-refractivity contribution in [3.63, 3.8) is 0 Å². The number of rotatable bonds is 2. The number of benzene rings is 1. The van der Waals surface area contributed by atoms with E-state index in [9.17, 15) is 4.79 Å². The largest absolute Gasteiger partial charge is 0.323 e. The molecule has 1 saturated heterocycles. The van der Waals surface area contributed by atoms with Crippen molar-refractivity contribution in [2.45, 2.75) is 12.8 Å². The number of amides is 1. The number of nitrogens with one attached hydrogen (secondary N) is 1. The normalized spacial score (nSPS) is 17.7. The minimum atomic E-state index is 0.0121. The summed E-state index contributed by atoms with van der Waals surface area (Å²) in [6, 6.07) is 5.20. The molecule has 0 spiro atoms. The van der Waals surface area contributed by atoms with Crippen LogP contribution in [0.15, 0.2) is 18.2 Å². The lowest BCUT2D eigenvalue weighted by atomic mass is 9.96. The molecule has 1 amide bonds. The van der Waals surface area contributed by atoms with Crippen LogP contribution in [0.1, 0.15) is 12.8 Å². The van der Waals surface area contributed by atoms with Crippen molar-refractivity contribution in [3.8, 4) is 0 Å². The molecule has 0 unspecified atom stereocenters. The van der Waals surface area contributed by atoms with Gasteiger partial charge in [0.25, 0.3) is 0 Å². The highest BCUT2D eigenvalue weighted by Crippen LogP contribution is 2.30. The number of piperidine rings is 1. The van der Waals surface area contributed by atoms with Gasteiger partial charge in [0.05, 0.1) is 15.7 Å². The molecule has 1 aromatic carbocycles. The first-order chi connectivity index (χ1) is 8.58. The molecule has 3 nitrogen and oxygen atoms in total. The number of anilines is 1. The monoisotopic (exact) mass is 286 g/mol. The summed E-state index contributed by atoms with van der Waals surface area (Å²) >= 11 is 12.1. The zero-order valence-corrected chi connectivity index (χ0v) is 11.8. The third-order valence-corrected chi connectivity index (χ3v) is 3.93. The summed E-state index contributed by atoms with van der Waals surface area (Å²) in [4.78, 5) is 14.4. The molecule has 0 radical (unpaired) electrons. The molecule has 0 aliphatic carbocycles. The zero-order chi connectivity index (χ0) is 13.1. The average Bonchev–Trinajstić information content (AvgIpc) is 2.34. The van der Waals surface area contributed by atoms with Crippen molar-refractivity contribution in [3.05, 3.63) is 28.2 Å². The van der Waals surface area contributed by atoms with Crippen molar-refractivity contribution in [1.82, 2.24) is 4.90 Å². The van der Waals surface area contributed by atoms with Crippen molar-refractivity contribution in [2.75, 3.05) is 25.5 Å². The Morgan fingerprint density at radius 3 is 2.39 bits per heavy atom. The summed E-state index contributed by atoms with van der Waals surface area (Å²) in [5.74, 6) is 0.0617. The van der Waals surface area contributed by atoms with E-state index in [0.29, 0.717) is 15.7 Å². The smallest absolute Gasteiger partial charge is 0.227 e. The second-order valence-electron chi connectivity index (χ2n) is 4.66. The van der Waals surface area contributed by atoms with Gasteiger partial charge >= 0.3 is 0 Å². The van der Waals surface area contributed by atoms with Crippen LogP contribution in [0, 0.1) is 5.92 Å². The predicted octanol–water partition coefficient (Wildman–Crippen LogP) is 3.27. The van der Waals surface area contributed by atoms with E-state index < -0.39 is 0 Å². The van der Waals surface area contributed by atoms with Gasteiger partial charge in [-0.25, -0.2) is 0 Å². The van der Waals surface area contributed by atoms with Crippen LogP contribution in [-0.4, -0.2) is 30.9 Å². The number of nitrogens with zero attached hydrogens (tertiary/aromatic N) is 1. The number of hydrogen-bond donors (Lipinski definition) is 1. The molecular formula is C13H16Cl2N2O. The van der Waals surface area contributed by atoms with E-state index in [1.807, 2.05) is 0 Å². The first-order valence-corrected chi connectivity index (χ1v) is 6.77. The van der Waals surface area contributed by atoms with Gasteiger partial charge < -0.3 is 10.2 Å². The van der Waals surface area contributed by atoms with Gasteiger partial charge in [-0.15, -0.1) is 0 Å². The number of carbonyl (C=O) groups is 1. The fourth-order valence-corrected chi connectivity index (χ4v) is 2.61. The molecule has 0 atom stereocenters. The Morgan fingerprint density at radius 2 is 1.83 bits per heavy atom. The molecule has 1 aliphatic rings. The Balaban J connectivity index is 2.03. The van der Waals surface area contributed by atoms with E-state index in [-0.39, 0.29) is 11.8 Å². The second kappa shape index (κ2) is 5.91. The number of hydrogen-bond acceptors (Lipinski definition) is 2. The quantitative estimate of drug-likeness (QED) is 0.905. The van der Waals surface area contributed by atoms with Gasteiger partial charge in [-0.1, -0.05) is 29.3 Å². The molecule has 5 heteroatoms. The van der Waals surface area contributed by atoms with Gasteiger partial charge in [0.2, 0.25) is 5.91 Å². The van der Waals surface area contributed by atoms with Crippen LogP contribution in [-0.2, 0) is 4.79 Å². The lowest BCUT2D eigenvalue weighted by Gasteiger charge is -2.28. The highest BCUT2D eigenvalue weighted by molar-refractivity contribution is 6.39. The SMILES string of the molecule is CN1CCC(C(=O)Nc2c(Cl)cccc2Cl)CC1. The molecular weight excluding hydrogens is 271 g/mol. The summed E-state index contributed by atoms with van der Waals surface area (Å²) in [5.41, 5.74) is 0.518. The lowest BCUT2D eigenvalue weighted by molar-refractivity contribution is -0.121. The second-order valence-corrected chi connectivity index (χ2v) is 5.48. The highest BCUT2D eigenvalue weighted by atomic mass is 35.5. The molecule has 98 valence electrons. The molecule has 1 fully saturated rings. The number of para-hydroxylation sites is 1. The maximum atomic E-state index is 12.1. The standard InChI is InChI=1S/C13H16Cl2N2O/c1-17-7-5-9(6-8-17)13(18)16-12-10(14)3-2-4-11(12)15/h2-4,9H,5-8H2,1H3,(H,16,18). The number of likely N-dealkylation sites (tertiary alicyclic amines) is 1. The molecule has 0 saturated carbocycles. The molecule has 0 aromatic heterocycles. The summed E-state index contributed by atoms with van der Waals surface area (Å²) in [6.07, 6.45) is 1.76. The van der Waals surface area contributed by atoms with Crippen molar-refractivity contribution < 1.29 is 4.79 Å². The zero-order valence-electron chi connectivity index (χ0n) is 10.2. The summed E-state index contributed by atoms with van der Waals surface area (Å²) in [6.45, 7) is 1.91. The maximum absolute atomic E-state index is 12.1. The third-order valence-electron chi connectivity index (χ3n) is 3.30. The minimum absolute atomic E-state index is 0.0121. The number of carbonyl (C=O) groups excluding carboxylic acids is 1. The van der Waals surface area contributed by atoms with E-state index in [0.717, 1.165) is 25.9 Å². The highest BCUT2D eigenvalue weighted by Gasteiger charge is 2.24. The first-order valence-electron chi connectivity index (χ1n) is 6.01. The van der Waals surface area contributed by atoms with Crippen molar-refractivity contribution in [2.24, 2.45) is 5.92 Å². The molecule has 1 aromatic rings. The Labute approximate surface area is 117 Å². The van der Waals surface area contributed by atoms with E-state index in [2.05, 4.69) is 17.3 Å². The van der Waals surface area contributed by atoms with Gasteiger partial charge in [-0.05, 0) is 45.1 Å². The van der Waals surface area contributed by atoms with Gasteiger partial charge in [-0.3, -0.25) is 4.79 Å². The summed E-state index contributed by atoms with van der Waals surface area (Å²) < 4.78 is 0. The van der Waals surface area contributed by atoms with Crippen LogP contribution in [0.2, 0.25) is 10.0 Å². The van der Waals surface area contributed by atoms with Crippen LogP contribution in [0.5, 0.6) is 0 Å². The Hall–Kier alpha value is -0.770. The fourth-order valence-electron chi connectivity index (χ4n) is 2.11. The molecule has 2 rings (SSSR count). The van der Waals surface area contributed by atoms with E-state index >= 15 is 0 Å². The van der Waals surface area contributed by atoms with Crippen LogP contribution in [0.3, 0.4) is 0 Å². The molecule has 1 aliphatic heterocycles. The molecule has 1 heterocycles. The van der Waals surface area contributed by atoms with Crippen LogP contribution < -0.4 is 5.32 Å². The van der Waals surface area contributed by atoms with Crippen molar-refractivity contribution >= 4 is 34.8 Å². The Morgan fingerprint density at radius 1 is 1.28 bits per heavy atom. The van der Waals surface area contributed by atoms with Gasteiger partial charge in [0, 0.05) is 5.92 Å². The van der Waals surface area contributed by atoms with E-state index in [1.165, 1.54) is 0 Å². The molecule has 1 N–H and O–H groups in total. The third kappa shape index (κ3) is 3.16. The molecule has 0 bridgehead atoms. The molecule has 18 heavy (non-hydrogen) atoms. The summed E-state index contributed by atoms with van der Waals surface area (Å²) in [7, 11) is 2.07. The average molecular weight is 287 g/mol.